The third-order valence-electron chi connectivity index (χ3n) is 5.77. The lowest BCUT2D eigenvalue weighted by atomic mass is 10.1. The third kappa shape index (κ3) is 3.56. The highest BCUT2D eigenvalue weighted by Gasteiger charge is 2.36. The molecule has 4 aromatic rings. The van der Waals surface area contributed by atoms with E-state index in [1.807, 2.05) is 50.2 Å². The van der Waals surface area contributed by atoms with Gasteiger partial charge in [-0.2, -0.15) is 20.0 Å². The Balaban J connectivity index is 1.48. The van der Waals surface area contributed by atoms with Gasteiger partial charge in [0.25, 0.3) is 5.91 Å². The molecule has 8 nitrogen and oxygen atoms in total. The molecule has 32 heavy (non-hydrogen) atoms. The number of hydrogen-bond donors (Lipinski definition) is 0. The Morgan fingerprint density at radius 2 is 1.97 bits per heavy atom. The van der Waals surface area contributed by atoms with Gasteiger partial charge in [-0.15, -0.1) is 0 Å². The van der Waals surface area contributed by atoms with Crippen LogP contribution in [0, 0.1) is 13.8 Å². The van der Waals surface area contributed by atoms with Crippen LogP contribution in [0.4, 0.5) is 0 Å². The number of hydrogen-bond acceptors (Lipinski definition) is 6. The first kappa shape index (κ1) is 20.4. The van der Waals surface area contributed by atoms with Crippen molar-refractivity contribution >= 4 is 17.5 Å². The molecule has 0 saturated carbocycles. The topological polar surface area (TPSA) is 89.9 Å². The van der Waals surface area contributed by atoms with E-state index in [-0.39, 0.29) is 11.9 Å². The fourth-order valence-corrected chi connectivity index (χ4v) is 4.26. The van der Waals surface area contributed by atoms with Gasteiger partial charge in [0.2, 0.25) is 11.7 Å². The van der Waals surface area contributed by atoms with Crippen LogP contribution < -0.4 is 0 Å². The summed E-state index contributed by atoms with van der Waals surface area (Å²) >= 11 is 6.25. The average Bonchev–Trinajstić information content (AvgIpc) is 3.56. The first-order valence-electron chi connectivity index (χ1n) is 10.4. The maximum absolute atomic E-state index is 13.6. The molecule has 0 radical (unpaired) electrons. The predicted octanol–water partition coefficient (Wildman–Crippen LogP) is 4.56. The van der Waals surface area contributed by atoms with Crippen LogP contribution in [0.1, 0.15) is 46.3 Å². The minimum atomic E-state index is -0.290. The van der Waals surface area contributed by atoms with E-state index in [2.05, 4.69) is 20.3 Å². The minimum absolute atomic E-state index is 0.109. The lowest BCUT2D eigenvalue weighted by molar-refractivity contribution is 0.0709. The summed E-state index contributed by atoms with van der Waals surface area (Å²) in [7, 11) is 0. The van der Waals surface area contributed by atoms with Gasteiger partial charge in [-0.25, -0.2) is 0 Å². The zero-order valence-corrected chi connectivity index (χ0v) is 18.5. The lowest BCUT2D eigenvalue weighted by Crippen LogP contribution is -2.31. The average molecular weight is 449 g/mol. The molecule has 9 heteroatoms. The number of benzene rings is 2. The molecule has 1 saturated heterocycles. The van der Waals surface area contributed by atoms with Crippen molar-refractivity contribution in [1.29, 1.82) is 0 Å². The Labute approximate surface area is 189 Å². The molecule has 1 aliphatic heterocycles. The van der Waals surface area contributed by atoms with Crippen molar-refractivity contribution in [1.82, 2.24) is 30.0 Å². The maximum atomic E-state index is 13.6. The predicted molar refractivity (Wildman–Crippen MR) is 119 cm³/mol. The van der Waals surface area contributed by atoms with E-state index in [4.69, 9.17) is 16.1 Å². The summed E-state index contributed by atoms with van der Waals surface area (Å²) in [5.74, 6) is 0.787. The molecule has 1 amide bonds. The van der Waals surface area contributed by atoms with Crippen LogP contribution in [0.2, 0.25) is 5.02 Å². The first-order valence-corrected chi connectivity index (χ1v) is 10.8. The van der Waals surface area contributed by atoms with Gasteiger partial charge in [0, 0.05) is 17.1 Å². The van der Waals surface area contributed by atoms with Crippen molar-refractivity contribution in [2.45, 2.75) is 32.7 Å². The van der Waals surface area contributed by atoms with Gasteiger partial charge in [-0.1, -0.05) is 40.5 Å². The summed E-state index contributed by atoms with van der Waals surface area (Å²) in [5, 5.41) is 13.2. The van der Waals surface area contributed by atoms with E-state index in [9.17, 15) is 4.79 Å². The SMILES string of the molecule is Cc1ccc(-n2nccn2)c(C(=O)N2CCC[C@H]2c2nc(-c3cccc(Cl)c3C)no2)c1. The molecule has 1 fully saturated rings. The zero-order valence-electron chi connectivity index (χ0n) is 17.7. The van der Waals surface area contributed by atoms with Crippen LogP contribution in [-0.2, 0) is 0 Å². The Kier molecular flexibility index (Phi) is 5.22. The second-order valence-corrected chi connectivity index (χ2v) is 8.27. The normalized spacial score (nSPS) is 16.0. The summed E-state index contributed by atoms with van der Waals surface area (Å²) in [6.45, 7) is 4.48. The molecule has 2 aromatic carbocycles. The van der Waals surface area contributed by atoms with Crippen molar-refractivity contribution in [3.8, 4) is 17.1 Å². The van der Waals surface area contributed by atoms with Crippen molar-refractivity contribution in [2.75, 3.05) is 6.54 Å². The summed E-state index contributed by atoms with van der Waals surface area (Å²) in [6, 6.07) is 11.0. The van der Waals surface area contributed by atoms with Crippen molar-refractivity contribution in [2.24, 2.45) is 0 Å². The van der Waals surface area contributed by atoms with Crippen molar-refractivity contribution < 1.29 is 9.32 Å². The third-order valence-corrected chi connectivity index (χ3v) is 6.18. The molecule has 1 aliphatic rings. The van der Waals surface area contributed by atoms with Crippen LogP contribution in [0.5, 0.6) is 0 Å². The molecule has 162 valence electrons. The molecule has 0 spiro atoms. The Bertz CT molecular complexity index is 1280. The fourth-order valence-electron chi connectivity index (χ4n) is 4.09. The van der Waals surface area contributed by atoms with Crippen LogP contribution in [-0.4, -0.2) is 42.5 Å². The number of amides is 1. The second-order valence-electron chi connectivity index (χ2n) is 7.86. The van der Waals surface area contributed by atoms with E-state index < -0.39 is 0 Å². The number of aryl methyl sites for hydroxylation is 1. The van der Waals surface area contributed by atoms with Crippen molar-refractivity contribution in [3.63, 3.8) is 0 Å². The molecule has 3 heterocycles. The molecule has 0 unspecified atom stereocenters. The molecule has 2 aromatic heterocycles. The summed E-state index contributed by atoms with van der Waals surface area (Å²) in [4.78, 5) is 21.5. The smallest absolute Gasteiger partial charge is 0.256 e. The van der Waals surface area contributed by atoms with Gasteiger partial charge < -0.3 is 9.42 Å². The quantitative estimate of drug-likeness (QED) is 0.454. The highest BCUT2D eigenvalue weighted by molar-refractivity contribution is 6.31. The van der Waals surface area contributed by atoms with Gasteiger partial charge in [0.15, 0.2) is 0 Å². The van der Waals surface area contributed by atoms with Crippen molar-refractivity contribution in [3.05, 3.63) is 76.4 Å². The fraction of sp³-hybridized carbons (Fsp3) is 0.261. The monoisotopic (exact) mass is 448 g/mol. The van der Waals surface area contributed by atoms with Crippen LogP contribution in [0.15, 0.2) is 53.3 Å². The Morgan fingerprint density at radius 3 is 2.78 bits per heavy atom. The van der Waals surface area contributed by atoms with Gasteiger partial charge >= 0.3 is 0 Å². The number of halogens is 1. The summed E-state index contributed by atoms with van der Waals surface area (Å²) in [5.41, 5.74) is 3.86. The lowest BCUT2D eigenvalue weighted by Gasteiger charge is -2.23. The minimum Gasteiger partial charge on any atom is -0.337 e. The maximum Gasteiger partial charge on any atom is 0.256 e. The zero-order chi connectivity index (χ0) is 22.2. The number of carbonyl (C=O) groups is 1. The van der Waals surface area contributed by atoms with Crippen LogP contribution in [0.3, 0.4) is 0 Å². The number of rotatable bonds is 4. The number of carbonyl (C=O) groups excluding carboxylic acids is 1. The molecule has 1 atom stereocenters. The number of aromatic nitrogens is 5. The van der Waals surface area contributed by atoms with E-state index in [1.54, 1.807) is 17.3 Å². The molecular formula is C23H21ClN6O2. The first-order chi connectivity index (χ1) is 15.5. The van der Waals surface area contributed by atoms with Gasteiger partial charge in [-0.05, 0) is 50.5 Å². The van der Waals surface area contributed by atoms with Gasteiger partial charge in [0.1, 0.15) is 6.04 Å². The Morgan fingerprint density at radius 1 is 1.16 bits per heavy atom. The molecule has 5 rings (SSSR count). The molecule has 0 bridgehead atoms. The summed E-state index contributed by atoms with van der Waals surface area (Å²) < 4.78 is 5.61. The van der Waals surface area contributed by atoms with E-state index in [0.717, 1.165) is 29.5 Å². The van der Waals surface area contributed by atoms with Gasteiger partial charge in [-0.3, -0.25) is 4.79 Å². The number of nitrogens with zero attached hydrogens (tertiary/aromatic N) is 6. The van der Waals surface area contributed by atoms with Crippen LogP contribution in [0.25, 0.3) is 17.1 Å². The van der Waals surface area contributed by atoms with E-state index in [1.165, 1.54) is 4.80 Å². The second kappa shape index (κ2) is 8.20. The number of likely N-dealkylation sites (tertiary alicyclic amines) is 1. The summed E-state index contributed by atoms with van der Waals surface area (Å²) in [6.07, 6.45) is 4.78. The standard InChI is InChI=1S/C23H21ClN6O2/c1-14-8-9-19(30-25-10-11-26-30)17(13-14)23(31)29-12-4-7-20(29)22-27-21(28-32-22)16-5-3-6-18(24)15(16)2/h3,5-6,8-11,13,20H,4,7,12H2,1-2H3/t20-/m0/s1. The van der Waals surface area contributed by atoms with E-state index in [0.29, 0.717) is 34.5 Å². The molecule has 0 aliphatic carbocycles. The Hall–Kier alpha value is -3.52. The highest BCUT2D eigenvalue weighted by atomic mass is 35.5. The molecule has 0 N–H and O–H groups in total. The highest BCUT2D eigenvalue weighted by Crippen LogP contribution is 2.35. The van der Waals surface area contributed by atoms with E-state index >= 15 is 0 Å². The molecular weight excluding hydrogens is 428 g/mol. The largest absolute Gasteiger partial charge is 0.337 e. The van der Waals surface area contributed by atoms with Gasteiger partial charge in [0.05, 0.1) is 23.6 Å². The van der Waals surface area contributed by atoms with Crippen LogP contribution >= 0.6 is 11.6 Å².